The van der Waals surface area contributed by atoms with E-state index in [2.05, 4.69) is 46.1 Å². The first kappa shape index (κ1) is 10.7. The highest BCUT2D eigenvalue weighted by atomic mass is 79.9. The molecule has 78 valence electrons. The maximum atomic E-state index is 3.50. The van der Waals surface area contributed by atoms with E-state index in [4.69, 9.17) is 0 Å². The van der Waals surface area contributed by atoms with Crippen molar-refractivity contribution in [2.24, 2.45) is 5.92 Å². The summed E-state index contributed by atoms with van der Waals surface area (Å²) in [6, 6.07) is 2.99. The quantitative estimate of drug-likeness (QED) is 0.794. The highest BCUT2D eigenvalue weighted by molar-refractivity contribution is 9.10. The molecule has 0 amide bonds. The van der Waals surface area contributed by atoms with Gasteiger partial charge in [0.2, 0.25) is 0 Å². The fourth-order valence-electron chi connectivity index (χ4n) is 2.24. The first-order valence-corrected chi connectivity index (χ1v) is 6.79. The highest BCUT2D eigenvalue weighted by Crippen LogP contribution is 2.27. The van der Waals surface area contributed by atoms with E-state index in [-0.39, 0.29) is 0 Å². The lowest BCUT2D eigenvalue weighted by atomic mass is 10.1. The van der Waals surface area contributed by atoms with Crippen molar-refractivity contribution in [3.63, 3.8) is 0 Å². The van der Waals surface area contributed by atoms with Gasteiger partial charge in [-0.05, 0) is 41.3 Å². The smallest absolute Gasteiger partial charge is 0.0331 e. The van der Waals surface area contributed by atoms with Crippen LogP contribution in [0.1, 0.15) is 25.1 Å². The third kappa shape index (κ3) is 2.38. The predicted octanol–water partition coefficient (Wildman–Crippen LogP) is 3.74. The summed E-state index contributed by atoms with van der Waals surface area (Å²) in [6.45, 7) is 7.07. The van der Waals surface area contributed by atoms with E-state index < -0.39 is 0 Å². The second-order valence-corrected chi connectivity index (χ2v) is 6.26. The van der Waals surface area contributed by atoms with Gasteiger partial charge in [-0.2, -0.15) is 0 Å². The van der Waals surface area contributed by atoms with Crippen molar-refractivity contribution in [2.45, 2.75) is 32.9 Å². The van der Waals surface area contributed by atoms with Crippen molar-refractivity contribution in [3.05, 3.63) is 20.8 Å². The Balaban J connectivity index is 1.98. The van der Waals surface area contributed by atoms with Crippen LogP contribution in [0, 0.1) is 5.92 Å². The molecule has 0 aliphatic carbocycles. The molecule has 0 aromatic carbocycles. The summed E-state index contributed by atoms with van der Waals surface area (Å²) < 4.78 is 1.22. The Morgan fingerprint density at radius 2 is 2.36 bits per heavy atom. The van der Waals surface area contributed by atoms with Gasteiger partial charge in [-0.1, -0.05) is 6.92 Å². The van der Waals surface area contributed by atoms with Crippen LogP contribution in [0.4, 0.5) is 0 Å². The number of halogens is 1. The van der Waals surface area contributed by atoms with Crippen LogP contribution in [0.3, 0.4) is 0 Å². The lowest BCUT2D eigenvalue weighted by molar-refractivity contribution is 0.259. The van der Waals surface area contributed by atoms with E-state index in [9.17, 15) is 0 Å². The Bertz CT molecular complexity index is 310. The molecule has 0 spiro atoms. The summed E-state index contributed by atoms with van der Waals surface area (Å²) in [5.74, 6) is 0.869. The molecule has 1 aliphatic heterocycles. The maximum Gasteiger partial charge on any atom is 0.0331 e. The topological polar surface area (TPSA) is 3.24 Å². The van der Waals surface area contributed by atoms with Crippen molar-refractivity contribution in [1.82, 2.24) is 4.90 Å². The lowest BCUT2D eigenvalue weighted by Gasteiger charge is -2.19. The van der Waals surface area contributed by atoms with Crippen molar-refractivity contribution < 1.29 is 0 Å². The minimum atomic E-state index is 0.755. The van der Waals surface area contributed by atoms with Gasteiger partial charge in [0.25, 0.3) is 0 Å². The third-order valence-corrected chi connectivity index (χ3v) is 4.58. The summed E-state index contributed by atoms with van der Waals surface area (Å²) >= 11 is 5.35. The molecular weight excluding hydrogens is 258 g/mol. The van der Waals surface area contributed by atoms with Crippen LogP contribution in [0.15, 0.2) is 15.9 Å². The van der Waals surface area contributed by atoms with Crippen molar-refractivity contribution in [1.29, 1.82) is 0 Å². The van der Waals surface area contributed by atoms with E-state index >= 15 is 0 Å². The van der Waals surface area contributed by atoms with Gasteiger partial charge in [0.15, 0.2) is 0 Å². The van der Waals surface area contributed by atoms with Gasteiger partial charge in [0.1, 0.15) is 0 Å². The van der Waals surface area contributed by atoms with Crippen LogP contribution < -0.4 is 0 Å². The fraction of sp³-hybridized carbons (Fsp3) is 0.636. The second-order valence-electron chi connectivity index (χ2n) is 4.35. The first-order valence-electron chi connectivity index (χ1n) is 5.12. The average Bonchev–Trinajstić information content (AvgIpc) is 2.61. The third-order valence-electron chi connectivity index (χ3n) is 2.89. The first-order chi connectivity index (χ1) is 6.65. The summed E-state index contributed by atoms with van der Waals surface area (Å²) in [5.41, 5.74) is 0. The van der Waals surface area contributed by atoms with E-state index in [1.54, 1.807) is 0 Å². The van der Waals surface area contributed by atoms with Crippen LogP contribution in [0.2, 0.25) is 0 Å². The largest absolute Gasteiger partial charge is 0.295 e. The summed E-state index contributed by atoms with van der Waals surface area (Å²) in [5, 5.41) is 2.17. The molecule has 14 heavy (non-hydrogen) atoms. The van der Waals surface area contributed by atoms with Crippen molar-refractivity contribution in [2.75, 3.05) is 6.54 Å². The van der Waals surface area contributed by atoms with Crippen molar-refractivity contribution >= 4 is 27.3 Å². The molecule has 2 atom stereocenters. The molecule has 2 heterocycles. The zero-order valence-electron chi connectivity index (χ0n) is 8.66. The molecule has 1 nitrogen and oxygen atoms in total. The second kappa shape index (κ2) is 4.33. The van der Waals surface area contributed by atoms with Gasteiger partial charge in [-0.3, -0.25) is 4.90 Å². The number of hydrogen-bond acceptors (Lipinski definition) is 2. The molecule has 3 heteroatoms. The molecule has 0 saturated carbocycles. The molecule has 0 N–H and O–H groups in total. The van der Waals surface area contributed by atoms with Gasteiger partial charge in [-0.25, -0.2) is 0 Å². The van der Waals surface area contributed by atoms with E-state index in [1.807, 2.05) is 11.3 Å². The zero-order valence-corrected chi connectivity index (χ0v) is 11.1. The van der Waals surface area contributed by atoms with Crippen LogP contribution in [-0.4, -0.2) is 17.5 Å². The van der Waals surface area contributed by atoms with Gasteiger partial charge < -0.3 is 0 Å². The molecule has 2 rings (SSSR count). The Hall–Kier alpha value is 0.140. The summed E-state index contributed by atoms with van der Waals surface area (Å²) in [4.78, 5) is 4.06. The Morgan fingerprint density at radius 1 is 1.57 bits per heavy atom. The molecule has 2 unspecified atom stereocenters. The number of thiophene rings is 1. The van der Waals surface area contributed by atoms with Gasteiger partial charge in [0, 0.05) is 33.9 Å². The molecule has 1 aromatic heterocycles. The Morgan fingerprint density at radius 3 is 2.86 bits per heavy atom. The fourth-order valence-corrected chi connectivity index (χ4v) is 3.72. The van der Waals surface area contributed by atoms with Crippen LogP contribution >= 0.6 is 27.3 Å². The maximum absolute atomic E-state index is 3.50. The van der Waals surface area contributed by atoms with Crippen LogP contribution in [0.5, 0.6) is 0 Å². The SMILES string of the molecule is CC1CC(C)N(Cc2cc(Br)cs2)C1. The van der Waals surface area contributed by atoms with Gasteiger partial charge in [-0.15, -0.1) is 11.3 Å². The minimum Gasteiger partial charge on any atom is -0.295 e. The molecule has 1 fully saturated rings. The normalized spacial score (nSPS) is 28.5. The average molecular weight is 274 g/mol. The molecule has 1 aromatic rings. The Labute approximate surface area is 98.2 Å². The molecular formula is C11H16BrNS. The zero-order chi connectivity index (χ0) is 10.1. The van der Waals surface area contributed by atoms with Gasteiger partial charge >= 0.3 is 0 Å². The summed E-state index contributed by atoms with van der Waals surface area (Å²) in [7, 11) is 0. The van der Waals surface area contributed by atoms with E-state index in [0.29, 0.717) is 0 Å². The number of rotatable bonds is 2. The molecule has 0 bridgehead atoms. The standard InChI is InChI=1S/C11H16BrNS/c1-8-3-9(2)13(5-8)6-11-4-10(12)7-14-11/h4,7-9H,3,5-6H2,1-2H3. The van der Waals surface area contributed by atoms with Crippen LogP contribution in [-0.2, 0) is 6.54 Å². The highest BCUT2D eigenvalue weighted by Gasteiger charge is 2.25. The number of likely N-dealkylation sites (tertiary alicyclic amines) is 1. The van der Waals surface area contributed by atoms with Crippen molar-refractivity contribution in [3.8, 4) is 0 Å². The Kier molecular flexibility index (Phi) is 3.30. The predicted molar refractivity (Wildman–Crippen MR) is 65.7 cm³/mol. The van der Waals surface area contributed by atoms with Crippen LogP contribution in [0.25, 0.3) is 0 Å². The monoisotopic (exact) mass is 273 g/mol. The number of nitrogens with zero attached hydrogens (tertiary/aromatic N) is 1. The molecule has 1 aliphatic rings. The molecule has 0 radical (unpaired) electrons. The lowest BCUT2D eigenvalue weighted by Crippen LogP contribution is -2.25. The summed E-state index contributed by atoms with van der Waals surface area (Å²) in [6.07, 6.45) is 1.35. The van der Waals surface area contributed by atoms with E-state index in [0.717, 1.165) is 18.5 Å². The van der Waals surface area contributed by atoms with Gasteiger partial charge in [0.05, 0.1) is 0 Å². The van der Waals surface area contributed by atoms with E-state index in [1.165, 1.54) is 22.3 Å². The number of hydrogen-bond donors (Lipinski definition) is 0. The molecule has 1 saturated heterocycles. The minimum absolute atomic E-state index is 0.755.